The molecule has 0 heterocycles. The van der Waals surface area contributed by atoms with Crippen LogP contribution in [0.25, 0.3) is 0 Å². The van der Waals surface area contributed by atoms with Crippen molar-refractivity contribution in [2.24, 2.45) is 17.3 Å². The number of carbonyl (C=O) groups excluding carboxylic acids is 4. The molecule has 1 aliphatic rings. The van der Waals surface area contributed by atoms with Gasteiger partial charge in [-0.2, -0.15) is 0 Å². The Balaban J connectivity index is 2.51. The molecular formula is C24H40O6. The zero-order chi connectivity index (χ0) is 22.7. The van der Waals surface area contributed by atoms with E-state index in [0.29, 0.717) is 45.1 Å². The van der Waals surface area contributed by atoms with Gasteiger partial charge in [0.2, 0.25) is 0 Å². The number of unbranched alkanes of at least 4 members (excludes halogenated alkanes) is 2. The van der Waals surface area contributed by atoms with Gasteiger partial charge in [0.1, 0.15) is 17.3 Å². The van der Waals surface area contributed by atoms with Gasteiger partial charge in [-0.15, -0.1) is 0 Å². The highest BCUT2D eigenvalue weighted by molar-refractivity contribution is 5.90. The summed E-state index contributed by atoms with van der Waals surface area (Å²) >= 11 is 0. The molecule has 0 radical (unpaired) electrons. The van der Waals surface area contributed by atoms with Gasteiger partial charge in [-0.05, 0) is 38.5 Å². The first-order valence-corrected chi connectivity index (χ1v) is 11.5. The van der Waals surface area contributed by atoms with Gasteiger partial charge in [0.25, 0.3) is 0 Å². The van der Waals surface area contributed by atoms with Crippen LogP contribution in [0.5, 0.6) is 0 Å². The number of hydrogen-bond acceptors (Lipinski definition) is 6. The monoisotopic (exact) mass is 424 g/mol. The number of esters is 1. The van der Waals surface area contributed by atoms with Crippen LogP contribution < -0.4 is 0 Å². The number of aliphatic hydroxyl groups is 1. The Morgan fingerprint density at radius 1 is 1.07 bits per heavy atom. The molecule has 1 N–H and O–H groups in total. The van der Waals surface area contributed by atoms with E-state index in [1.165, 1.54) is 0 Å². The highest BCUT2D eigenvalue weighted by Crippen LogP contribution is 2.37. The molecule has 0 aromatic carbocycles. The number of rotatable bonds is 15. The highest BCUT2D eigenvalue weighted by atomic mass is 16.5. The third-order valence-corrected chi connectivity index (χ3v) is 6.29. The molecule has 1 fully saturated rings. The second kappa shape index (κ2) is 13.0. The molecule has 172 valence electrons. The maximum Gasteiger partial charge on any atom is 0.305 e. The maximum atomic E-state index is 12.6. The molecule has 1 saturated carbocycles. The van der Waals surface area contributed by atoms with Crippen LogP contribution in [0.2, 0.25) is 0 Å². The number of hydrogen-bond donors (Lipinski definition) is 1. The molecule has 30 heavy (non-hydrogen) atoms. The summed E-state index contributed by atoms with van der Waals surface area (Å²) in [6.07, 6.45) is 4.83. The Morgan fingerprint density at radius 3 is 2.37 bits per heavy atom. The van der Waals surface area contributed by atoms with Crippen molar-refractivity contribution in [3.05, 3.63) is 0 Å². The average molecular weight is 425 g/mol. The predicted octanol–water partition coefficient (Wildman–Crippen LogP) is 4.20. The fraction of sp³-hybridized carbons (Fsp3) is 0.833. The lowest BCUT2D eigenvalue weighted by Gasteiger charge is -2.25. The van der Waals surface area contributed by atoms with Crippen molar-refractivity contribution in [2.75, 3.05) is 6.61 Å². The normalized spacial score (nSPS) is 21.6. The van der Waals surface area contributed by atoms with E-state index in [2.05, 4.69) is 6.92 Å². The Hall–Kier alpha value is -1.56. The lowest BCUT2D eigenvalue weighted by atomic mass is 9.78. The van der Waals surface area contributed by atoms with Gasteiger partial charge in [0, 0.05) is 43.4 Å². The van der Waals surface area contributed by atoms with E-state index in [0.717, 1.165) is 19.3 Å². The van der Waals surface area contributed by atoms with Crippen LogP contribution in [0, 0.1) is 17.3 Å². The molecule has 3 unspecified atom stereocenters. The zero-order valence-corrected chi connectivity index (χ0v) is 19.2. The van der Waals surface area contributed by atoms with Crippen LogP contribution in [0.4, 0.5) is 0 Å². The summed E-state index contributed by atoms with van der Waals surface area (Å²) < 4.78 is 4.86. The summed E-state index contributed by atoms with van der Waals surface area (Å²) in [4.78, 5) is 48.7. The Labute approximate surface area is 181 Å². The fourth-order valence-corrected chi connectivity index (χ4v) is 4.24. The van der Waals surface area contributed by atoms with Crippen molar-refractivity contribution in [3.8, 4) is 0 Å². The molecule has 3 atom stereocenters. The SMILES string of the molecule is CCCCC(C)(C)C(=O)CCC1C(O)CC(=O)C1CC(=O)CCCCC(=O)OCC. The van der Waals surface area contributed by atoms with Gasteiger partial charge in [-0.3, -0.25) is 19.2 Å². The van der Waals surface area contributed by atoms with Crippen molar-refractivity contribution in [1.29, 1.82) is 0 Å². The van der Waals surface area contributed by atoms with Crippen molar-refractivity contribution in [1.82, 2.24) is 0 Å². The topological polar surface area (TPSA) is 97.7 Å². The van der Waals surface area contributed by atoms with Crippen LogP contribution in [-0.4, -0.2) is 41.1 Å². The van der Waals surface area contributed by atoms with Crippen molar-refractivity contribution < 1.29 is 29.0 Å². The van der Waals surface area contributed by atoms with E-state index in [-0.39, 0.29) is 42.1 Å². The number of ketones is 3. The molecule has 0 bridgehead atoms. The van der Waals surface area contributed by atoms with Gasteiger partial charge in [0.05, 0.1) is 12.7 Å². The molecule has 0 aliphatic heterocycles. The first-order chi connectivity index (χ1) is 14.1. The second-order valence-electron chi connectivity index (χ2n) is 9.21. The molecule has 1 aliphatic carbocycles. The van der Waals surface area contributed by atoms with Crippen molar-refractivity contribution in [3.63, 3.8) is 0 Å². The van der Waals surface area contributed by atoms with Gasteiger partial charge in [-0.1, -0.05) is 33.6 Å². The highest BCUT2D eigenvalue weighted by Gasteiger charge is 2.42. The Morgan fingerprint density at radius 2 is 1.73 bits per heavy atom. The summed E-state index contributed by atoms with van der Waals surface area (Å²) in [5, 5.41) is 10.3. The van der Waals surface area contributed by atoms with Crippen LogP contribution in [0.15, 0.2) is 0 Å². The summed E-state index contributed by atoms with van der Waals surface area (Å²) in [7, 11) is 0. The van der Waals surface area contributed by atoms with E-state index in [1.54, 1.807) is 6.92 Å². The largest absolute Gasteiger partial charge is 0.466 e. The molecule has 0 aromatic heterocycles. The minimum atomic E-state index is -0.773. The third-order valence-electron chi connectivity index (χ3n) is 6.29. The number of ether oxygens (including phenoxy) is 1. The smallest absolute Gasteiger partial charge is 0.305 e. The molecule has 0 saturated heterocycles. The summed E-state index contributed by atoms with van der Waals surface area (Å²) in [6.45, 7) is 8.12. The molecule has 0 amide bonds. The lowest BCUT2D eigenvalue weighted by molar-refractivity contribution is -0.143. The van der Waals surface area contributed by atoms with Crippen molar-refractivity contribution in [2.45, 2.75) is 104 Å². The minimum absolute atomic E-state index is 0.0223. The maximum absolute atomic E-state index is 12.6. The molecule has 1 rings (SSSR count). The molecular weight excluding hydrogens is 384 g/mol. The van der Waals surface area contributed by atoms with E-state index in [1.807, 2.05) is 13.8 Å². The second-order valence-corrected chi connectivity index (χ2v) is 9.21. The summed E-state index contributed by atoms with van der Waals surface area (Å²) in [6, 6.07) is 0. The zero-order valence-electron chi connectivity index (χ0n) is 19.2. The van der Waals surface area contributed by atoms with Crippen LogP contribution in [0.3, 0.4) is 0 Å². The number of carbonyl (C=O) groups is 4. The Bertz CT molecular complexity index is 595. The molecule has 6 nitrogen and oxygen atoms in total. The average Bonchev–Trinajstić information content (AvgIpc) is 2.94. The van der Waals surface area contributed by atoms with Crippen LogP contribution in [-0.2, 0) is 23.9 Å². The minimum Gasteiger partial charge on any atom is -0.466 e. The third kappa shape index (κ3) is 8.66. The van der Waals surface area contributed by atoms with Crippen LogP contribution >= 0.6 is 0 Å². The van der Waals surface area contributed by atoms with Crippen LogP contribution in [0.1, 0.15) is 98.3 Å². The van der Waals surface area contributed by atoms with E-state index in [4.69, 9.17) is 4.74 Å². The summed E-state index contributed by atoms with van der Waals surface area (Å²) in [5.74, 6) is -1.02. The first kappa shape index (κ1) is 26.5. The number of Topliss-reactive ketones (excluding diaryl/α,β-unsaturated/α-hetero) is 3. The standard InChI is InChI=1S/C24H40O6/c1-5-7-14-24(3,4)22(28)13-12-18-19(21(27)16-20(18)26)15-17(25)10-8-9-11-23(29)30-6-2/h18-20,26H,5-16H2,1-4H3. The van der Waals surface area contributed by atoms with E-state index < -0.39 is 17.4 Å². The van der Waals surface area contributed by atoms with Gasteiger partial charge < -0.3 is 9.84 Å². The van der Waals surface area contributed by atoms with Gasteiger partial charge in [-0.25, -0.2) is 0 Å². The quantitative estimate of drug-likeness (QED) is 0.312. The van der Waals surface area contributed by atoms with Crippen molar-refractivity contribution >= 4 is 23.3 Å². The Kier molecular flexibility index (Phi) is 11.5. The lowest BCUT2D eigenvalue weighted by Crippen LogP contribution is -2.28. The molecule has 6 heteroatoms. The molecule has 0 aromatic rings. The van der Waals surface area contributed by atoms with E-state index in [9.17, 15) is 24.3 Å². The van der Waals surface area contributed by atoms with Gasteiger partial charge >= 0.3 is 5.97 Å². The first-order valence-electron chi connectivity index (χ1n) is 11.5. The molecule has 0 spiro atoms. The van der Waals surface area contributed by atoms with Gasteiger partial charge in [0.15, 0.2) is 0 Å². The summed E-state index contributed by atoms with van der Waals surface area (Å²) in [5.41, 5.74) is -0.395. The number of aliphatic hydroxyl groups excluding tert-OH is 1. The predicted molar refractivity (Wildman–Crippen MR) is 115 cm³/mol. The fourth-order valence-electron chi connectivity index (χ4n) is 4.24. The van der Waals surface area contributed by atoms with E-state index >= 15 is 0 Å².